The molecule has 1 aliphatic heterocycles. The standard InChI is InChI=1S/C10H13FO/c11-9-3-1-2-8(6-9)7-10-4-5-12-10/h1,3,6,8,10H,2,4-5,7H2. The fourth-order valence-electron chi connectivity index (χ4n) is 1.68. The molecule has 12 heavy (non-hydrogen) atoms. The van der Waals surface area contributed by atoms with E-state index in [-0.39, 0.29) is 5.83 Å². The van der Waals surface area contributed by atoms with Gasteiger partial charge in [-0.2, -0.15) is 0 Å². The molecule has 1 heterocycles. The molecule has 2 rings (SSSR count). The van der Waals surface area contributed by atoms with E-state index >= 15 is 0 Å². The Morgan fingerprint density at radius 3 is 3.00 bits per heavy atom. The first-order valence-corrected chi connectivity index (χ1v) is 4.50. The number of allylic oxidation sites excluding steroid dienone is 4. The van der Waals surface area contributed by atoms with Crippen molar-refractivity contribution in [1.82, 2.24) is 0 Å². The van der Waals surface area contributed by atoms with Gasteiger partial charge < -0.3 is 4.74 Å². The summed E-state index contributed by atoms with van der Waals surface area (Å²) in [6.07, 6.45) is 8.64. The molecule has 0 amide bonds. The highest BCUT2D eigenvalue weighted by Gasteiger charge is 2.22. The Morgan fingerprint density at radius 1 is 1.58 bits per heavy atom. The summed E-state index contributed by atoms with van der Waals surface area (Å²) in [6, 6.07) is 0. The Balaban J connectivity index is 1.84. The molecule has 0 aromatic rings. The van der Waals surface area contributed by atoms with Crippen LogP contribution in [0.25, 0.3) is 0 Å². The zero-order valence-electron chi connectivity index (χ0n) is 7.00. The summed E-state index contributed by atoms with van der Waals surface area (Å²) in [7, 11) is 0. The lowest BCUT2D eigenvalue weighted by molar-refractivity contribution is -0.0599. The lowest BCUT2D eigenvalue weighted by atomic mass is 9.92. The van der Waals surface area contributed by atoms with E-state index in [1.54, 1.807) is 6.08 Å². The van der Waals surface area contributed by atoms with Gasteiger partial charge in [-0.3, -0.25) is 0 Å². The lowest BCUT2D eigenvalue weighted by Crippen LogP contribution is -2.28. The first kappa shape index (κ1) is 7.99. The van der Waals surface area contributed by atoms with Gasteiger partial charge in [-0.05, 0) is 37.3 Å². The first-order valence-electron chi connectivity index (χ1n) is 4.50. The van der Waals surface area contributed by atoms with Crippen molar-refractivity contribution >= 4 is 0 Å². The van der Waals surface area contributed by atoms with Gasteiger partial charge in [0.2, 0.25) is 0 Å². The van der Waals surface area contributed by atoms with Crippen LogP contribution in [-0.4, -0.2) is 12.7 Å². The van der Waals surface area contributed by atoms with E-state index in [9.17, 15) is 4.39 Å². The SMILES string of the molecule is FC1=CC(CC2CCO2)CC=C1. The van der Waals surface area contributed by atoms with Gasteiger partial charge in [0.15, 0.2) is 0 Å². The van der Waals surface area contributed by atoms with E-state index < -0.39 is 0 Å². The van der Waals surface area contributed by atoms with Gasteiger partial charge in [-0.1, -0.05) is 6.08 Å². The molecule has 0 aromatic heterocycles. The molecule has 66 valence electrons. The average molecular weight is 168 g/mol. The quantitative estimate of drug-likeness (QED) is 0.615. The summed E-state index contributed by atoms with van der Waals surface area (Å²) < 4.78 is 18.0. The molecule has 1 nitrogen and oxygen atoms in total. The summed E-state index contributed by atoms with van der Waals surface area (Å²) in [4.78, 5) is 0. The number of halogens is 1. The third kappa shape index (κ3) is 1.75. The molecule has 2 aliphatic rings. The van der Waals surface area contributed by atoms with Crippen LogP contribution in [0, 0.1) is 5.92 Å². The van der Waals surface area contributed by atoms with E-state index in [1.807, 2.05) is 6.08 Å². The molecule has 1 aliphatic carbocycles. The Hall–Kier alpha value is -0.630. The molecular weight excluding hydrogens is 155 g/mol. The topological polar surface area (TPSA) is 9.23 Å². The van der Waals surface area contributed by atoms with Crippen molar-refractivity contribution in [2.45, 2.75) is 25.4 Å². The van der Waals surface area contributed by atoms with Crippen molar-refractivity contribution < 1.29 is 9.13 Å². The molecule has 2 heteroatoms. The molecule has 1 fully saturated rings. The molecule has 2 unspecified atom stereocenters. The fourth-order valence-corrected chi connectivity index (χ4v) is 1.68. The van der Waals surface area contributed by atoms with Gasteiger partial charge in [-0.25, -0.2) is 4.39 Å². The van der Waals surface area contributed by atoms with Crippen LogP contribution >= 0.6 is 0 Å². The van der Waals surface area contributed by atoms with Crippen LogP contribution in [0.2, 0.25) is 0 Å². The van der Waals surface area contributed by atoms with Gasteiger partial charge in [-0.15, -0.1) is 0 Å². The van der Waals surface area contributed by atoms with E-state index in [2.05, 4.69) is 0 Å². The molecule has 0 saturated carbocycles. The lowest BCUT2D eigenvalue weighted by Gasteiger charge is -2.29. The van der Waals surface area contributed by atoms with Crippen LogP contribution in [0.4, 0.5) is 4.39 Å². The molecule has 0 spiro atoms. The predicted octanol–water partition coefficient (Wildman–Crippen LogP) is 2.59. The van der Waals surface area contributed by atoms with Crippen LogP contribution in [-0.2, 0) is 4.74 Å². The fraction of sp³-hybridized carbons (Fsp3) is 0.600. The van der Waals surface area contributed by atoms with E-state index in [0.29, 0.717) is 12.0 Å². The minimum atomic E-state index is -0.0921. The minimum absolute atomic E-state index is 0.0921. The van der Waals surface area contributed by atoms with Crippen LogP contribution < -0.4 is 0 Å². The summed E-state index contributed by atoms with van der Waals surface area (Å²) in [5, 5.41) is 0. The Labute approximate surface area is 71.9 Å². The molecule has 1 saturated heterocycles. The highest BCUT2D eigenvalue weighted by Crippen LogP contribution is 2.26. The van der Waals surface area contributed by atoms with E-state index in [4.69, 9.17) is 4.74 Å². The first-order chi connectivity index (χ1) is 5.84. The average Bonchev–Trinajstić information content (AvgIpc) is 1.97. The Bertz CT molecular complexity index is 216. The van der Waals surface area contributed by atoms with Gasteiger partial charge in [0.1, 0.15) is 5.83 Å². The second-order valence-electron chi connectivity index (χ2n) is 3.47. The maximum atomic E-state index is 12.7. The van der Waals surface area contributed by atoms with Crippen LogP contribution in [0.5, 0.6) is 0 Å². The van der Waals surface area contributed by atoms with Crippen molar-refractivity contribution in [1.29, 1.82) is 0 Å². The Morgan fingerprint density at radius 2 is 2.42 bits per heavy atom. The number of rotatable bonds is 2. The zero-order chi connectivity index (χ0) is 8.39. The van der Waals surface area contributed by atoms with Crippen LogP contribution in [0.1, 0.15) is 19.3 Å². The van der Waals surface area contributed by atoms with Crippen molar-refractivity contribution in [3.05, 3.63) is 24.1 Å². The van der Waals surface area contributed by atoms with Crippen molar-refractivity contribution in [2.75, 3.05) is 6.61 Å². The van der Waals surface area contributed by atoms with Gasteiger partial charge in [0.05, 0.1) is 6.10 Å². The van der Waals surface area contributed by atoms with Crippen LogP contribution in [0.15, 0.2) is 24.1 Å². The molecular formula is C10H13FO. The van der Waals surface area contributed by atoms with Crippen molar-refractivity contribution in [3.8, 4) is 0 Å². The Kier molecular flexibility index (Phi) is 2.26. The molecule has 0 aromatic carbocycles. The molecule has 0 radical (unpaired) electrons. The van der Waals surface area contributed by atoms with E-state index in [0.717, 1.165) is 25.9 Å². The van der Waals surface area contributed by atoms with Crippen molar-refractivity contribution in [3.63, 3.8) is 0 Å². The van der Waals surface area contributed by atoms with Crippen LogP contribution in [0.3, 0.4) is 0 Å². The predicted molar refractivity (Wildman–Crippen MR) is 45.4 cm³/mol. The number of ether oxygens (including phenoxy) is 1. The summed E-state index contributed by atoms with van der Waals surface area (Å²) in [5.41, 5.74) is 0. The minimum Gasteiger partial charge on any atom is -0.378 e. The highest BCUT2D eigenvalue weighted by atomic mass is 19.1. The maximum Gasteiger partial charge on any atom is 0.119 e. The molecule has 2 atom stereocenters. The summed E-state index contributed by atoms with van der Waals surface area (Å²) in [5.74, 6) is 0.269. The maximum absolute atomic E-state index is 12.7. The zero-order valence-corrected chi connectivity index (χ0v) is 7.00. The van der Waals surface area contributed by atoms with E-state index in [1.165, 1.54) is 6.08 Å². The summed E-state index contributed by atoms with van der Waals surface area (Å²) >= 11 is 0. The number of hydrogen-bond acceptors (Lipinski definition) is 1. The van der Waals surface area contributed by atoms with Gasteiger partial charge in [0.25, 0.3) is 0 Å². The summed E-state index contributed by atoms with van der Waals surface area (Å²) in [6.45, 7) is 0.888. The smallest absolute Gasteiger partial charge is 0.119 e. The largest absolute Gasteiger partial charge is 0.378 e. The van der Waals surface area contributed by atoms with Gasteiger partial charge in [0, 0.05) is 6.61 Å². The number of hydrogen-bond donors (Lipinski definition) is 0. The van der Waals surface area contributed by atoms with Crippen molar-refractivity contribution in [2.24, 2.45) is 5.92 Å². The third-order valence-corrected chi connectivity index (χ3v) is 2.47. The third-order valence-electron chi connectivity index (χ3n) is 2.47. The molecule has 0 bridgehead atoms. The highest BCUT2D eigenvalue weighted by molar-refractivity contribution is 5.17. The van der Waals surface area contributed by atoms with Gasteiger partial charge >= 0.3 is 0 Å². The monoisotopic (exact) mass is 168 g/mol. The second kappa shape index (κ2) is 3.40. The second-order valence-corrected chi connectivity index (χ2v) is 3.47. The normalized spacial score (nSPS) is 34.2. The molecule has 0 N–H and O–H groups in total.